The van der Waals surface area contributed by atoms with Crippen molar-refractivity contribution >= 4 is 34.9 Å². The predicted molar refractivity (Wildman–Crippen MR) is 99.3 cm³/mol. The molecule has 0 fully saturated rings. The molecule has 0 unspecified atom stereocenters. The van der Waals surface area contributed by atoms with Crippen LogP contribution >= 0.6 is 11.6 Å². The zero-order valence-electron chi connectivity index (χ0n) is 14.1. The molecule has 0 saturated heterocycles. The minimum absolute atomic E-state index is 0.141. The molecule has 2 N–H and O–H groups in total. The number of nitrogens with zero attached hydrogens (tertiary/aromatic N) is 1. The minimum Gasteiger partial charge on any atom is -0.492 e. The monoisotopic (exact) mass is 361 g/mol. The number of nitrogens with one attached hydrogen (secondary N) is 2. The van der Waals surface area contributed by atoms with Crippen LogP contribution in [0.4, 0.5) is 16.2 Å². The Balaban J connectivity index is 1.77. The highest BCUT2D eigenvalue weighted by molar-refractivity contribution is 6.30. The van der Waals surface area contributed by atoms with Crippen LogP contribution in [-0.4, -0.2) is 37.0 Å². The SMILES string of the molecule is CC(=O)Nc1ccc(NC(=O)N(C)CCOc2ccc(Cl)cc2)cc1. The van der Waals surface area contributed by atoms with E-state index in [0.29, 0.717) is 35.3 Å². The molecular formula is C18H20ClN3O3. The second-order valence-electron chi connectivity index (χ2n) is 5.41. The summed E-state index contributed by atoms with van der Waals surface area (Å²) in [5.74, 6) is 0.559. The largest absolute Gasteiger partial charge is 0.492 e. The fourth-order valence-corrected chi connectivity index (χ4v) is 2.12. The van der Waals surface area contributed by atoms with Gasteiger partial charge in [-0.25, -0.2) is 4.79 Å². The first-order valence-electron chi connectivity index (χ1n) is 7.72. The van der Waals surface area contributed by atoms with Crippen molar-refractivity contribution in [3.63, 3.8) is 0 Å². The Morgan fingerprint density at radius 1 is 1.00 bits per heavy atom. The van der Waals surface area contributed by atoms with Gasteiger partial charge in [0.25, 0.3) is 0 Å². The number of likely N-dealkylation sites (N-methyl/N-ethyl adjacent to an activating group) is 1. The lowest BCUT2D eigenvalue weighted by molar-refractivity contribution is -0.114. The van der Waals surface area contributed by atoms with Crippen molar-refractivity contribution in [1.29, 1.82) is 0 Å². The van der Waals surface area contributed by atoms with E-state index in [-0.39, 0.29) is 11.9 Å². The Bertz CT molecular complexity index is 717. The van der Waals surface area contributed by atoms with Gasteiger partial charge in [0, 0.05) is 30.4 Å². The Kier molecular flexibility index (Phi) is 6.65. The van der Waals surface area contributed by atoms with Crippen LogP contribution in [0, 0.1) is 0 Å². The lowest BCUT2D eigenvalue weighted by Gasteiger charge is -2.18. The van der Waals surface area contributed by atoms with E-state index in [2.05, 4.69) is 10.6 Å². The van der Waals surface area contributed by atoms with Crippen LogP contribution in [0.1, 0.15) is 6.92 Å². The van der Waals surface area contributed by atoms with Crippen molar-refractivity contribution < 1.29 is 14.3 Å². The van der Waals surface area contributed by atoms with Crippen molar-refractivity contribution in [2.24, 2.45) is 0 Å². The second kappa shape index (κ2) is 8.94. The van der Waals surface area contributed by atoms with Crippen molar-refractivity contribution in [2.75, 3.05) is 30.8 Å². The number of hydrogen-bond acceptors (Lipinski definition) is 3. The van der Waals surface area contributed by atoms with E-state index in [1.807, 2.05) is 0 Å². The number of rotatable bonds is 6. The van der Waals surface area contributed by atoms with Crippen LogP contribution < -0.4 is 15.4 Å². The third-order valence-corrected chi connectivity index (χ3v) is 3.56. The number of urea groups is 1. The van der Waals surface area contributed by atoms with Gasteiger partial charge < -0.3 is 20.3 Å². The quantitative estimate of drug-likeness (QED) is 0.821. The summed E-state index contributed by atoms with van der Waals surface area (Å²) in [7, 11) is 1.69. The topological polar surface area (TPSA) is 70.7 Å². The lowest BCUT2D eigenvalue weighted by atomic mass is 10.3. The molecular weight excluding hydrogens is 342 g/mol. The summed E-state index contributed by atoms with van der Waals surface area (Å²) < 4.78 is 5.56. The maximum absolute atomic E-state index is 12.1. The van der Waals surface area contributed by atoms with E-state index in [1.165, 1.54) is 11.8 Å². The van der Waals surface area contributed by atoms with Crippen LogP contribution in [0.15, 0.2) is 48.5 Å². The molecule has 7 heteroatoms. The standard InChI is InChI=1S/C18H20ClN3O3/c1-13(23)20-15-5-7-16(8-6-15)21-18(24)22(2)11-12-25-17-9-3-14(19)4-10-17/h3-10H,11-12H2,1-2H3,(H,20,23)(H,21,24). The predicted octanol–water partition coefficient (Wildman–Crippen LogP) is 3.84. The molecule has 0 aliphatic rings. The van der Waals surface area contributed by atoms with Crippen molar-refractivity contribution in [3.8, 4) is 5.75 Å². The molecule has 132 valence electrons. The summed E-state index contributed by atoms with van der Waals surface area (Å²) >= 11 is 5.81. The van der Waals surface area contributed by atoms with Gasteiger partial charge in [-0.3, -0.25) is 4.79 Å². The molecule has 0 aliphatic carbocycles. The second-order valence-corrected chi connectivity index (χ2v) is 5.85. The molecule has 0 radical (unpaired) electrons. The molecule has 2 rings (SSSR count). The maximum atomic E-state index is 12.1. The van der Waals surface area contributed by atoms with Crippen LogP contribution in [0.5, 0.6) is 5.75 Å². The number of anilines is 2. The Morgan fingerprint density at radius 3 is 2.12 bits per heavy atom. The number of amides is 3. The van der Waals surface area contributed by atoms with E-state index in [1.54, 1.807) is 55.6 Å². The van der Waals surface area contributed by atoms with E-state index in [9.17, 15) is 9.59 Å². The average Bonchev–Trinajstić information content (AvgIpc) is 2.58. The highest BCUT2D eigenvalue weighted by Crippen LogP contribution is 2.16. The fourth-order valence-electron chi connectivity index (χ4n) is 1.99. The summed E-state index contributed by atoms with van der Waals surface area (Å²) in [6, 6.07) is 13.7. The number of carbonyl (C=O) groups excluding carboxylic acids is 2. The molecule has 0 saturated carbocycles. The van der Waals surface area contributed by atoms with E-state index in [0.717, 1.165) is 0 Å². The number of hydrogen-bond donors (Lipinski definition) is 2. The first kappa shape index (κ1) is 18.6. The van der Waals surface area contributed by atoms with Gasteiger partial charge in [0.15, 0.2) is 0 Å². The molecule has 2 aromatic carbocycles. The molecule has 0 atom stereocenters. The average molecular weight is 362 g/mol. The molecule has 0 aromatic heterocycles. The van der Waals surface area contributed by atoms with Gasteiger partial charge in [-0.15, -0.1) is 0 Å². The molecule has 2 aromatic rings. The highest BCUT2D eigenvalue weighted by Gasteiger charge is 2.09. The van der Waals surface area contributed by atoms with E-state index < -0.39 is 0 Å². The van der Waals surface area contributed by atoms with Gasteiger partial charge in [0.05, 0.1) is 6.54 Å². The molecule has 0 spiro atoms. The third-order valence-electron chi connectivity index (χ3n) is 3.31. The number of ether oxygens (including phenoxy) is 1. The van der Waals surface area contributed by atoms with E-state index in [4.69, 9.17) is 16.3 Å². The van der Waals surface area contributed by atoms with Crippen LogP contribution in [0.2, 0.25) is 5.02 Å². The van der Waals surface area contributed by atoms with Crippen LogP contribution in [0.25, 0.3) is 0 Å². The molecule has 0 bridgehead atoms. The minimum atomic E-state index is -0.244. The number of benzene rings is 2. The van der Waals surface area contributed by atoms with Gasteiger partial charge in [-0.05, 0) is 48.5 Å². The Hall–Kier alpha value is -2.73. The van der Waals surface area contributed by atoms with E-state index >= 15 is 0 Å². The highest BCUT2D eigenvalue weighted by atomic mass is 35.5. The smallest absolute Gasteiger partial charge is 0.321 e. The molecule has 0 aliphatic heterocycles. The molecule has 25 heavy (non-hydrogen) atoms. The maximum Gasteiger partial charge on any atom is 0.321 e. The van der Waals surface area contributed by atoms with Crippen LogP contribution in [-0.2, 0) is 4.79 Å². The normalized spacial score (nSPS) is 10.0. The van der Waals surface area contributed by atoms with Gasteiger partial charge in [0.2, 0.25) is 5.91 Å². The van der Waals surface area contributed by atoms with Crippen molar-refractivity contribution in [2.45, 2.75) is 6.92 Å². The molecule has 3 amide bonds. The number of halogens is 1. The zero-order valence-corrected chi connectivity index (χ0v) is 14.8. The van der Waals surface area contributed by atoms with Crippen molar-refractivity contribution in [1.82, 2.24) is 4.90 Å². The fraction of sp³-hybridized carbons (Fsp3) is 0.222. The summed E-state index contributed by atoms with van der Waals surface area (Å²) in [5, 5.41) is 6.09. The van der Waals surface area contributed by atoms with Gasteiger partial charge in [-0.2, -0.15) is 0 Å². The Labute approximate surface area is 151 Å². The zero-order chi connectivity index (χ0) is 18.2. The lowest BCUT2D eigenvalue weighted by Crippen LogP contribution is -2.34. The summed E-state index contributed by atoms with van der Waals surface area (Å²) in [4.78, 5) is 24.6. The van der Waals surface area contributed by atoms with Crippen molar-refractivity contribution in [3.05, 3.63) is 53.6 Å². The Morgan fingerprint density at radius 2 is 1.56 bits per heavy atom. The first-order valence-corrected chi connectivity index (χ1v) is 8.10. The number of carbonyl (C=O) groups is 2. The van der Waals surface area contributed by atoms with Gasteiger partial charge >= 0.3 is 6.03 Å². The summed E-state index contributed by atoms with van der Waals surface area (Å²) in [6.45, 7) is 2.24. The first-order chi connectivity index (χ1) is 11.9. The molecule has 0 heterocycles. The summed E-state index contributed by atoms with van der Waals surface area (Å²) in [6.07, 6.45) is 0. The summed E-state index contributed by atoms with van der Waals surface area (Å²) in [5.41, 5.74) is 1.32. The van der Waals surface area contributed by atoms with Gasteiger partial charge in [0.1, 0.15) is 12.4 Å². The molecule has 6 nitrogen and oxygen atoms in total. The van der Waals surface area contributed by atoms with Crippen LogP contribution in [0.3, 0.4) is 0 Å². The van der Waals surface area contributed by atoms with Gasteiger partial charge in [-0.1, -0.05) is 11.6 Å². The third kappa shape index (κ3) is 6.35.